The van der Waals surface area contributed by atoms with Crippen LogP contribution in [0.5, 0.6) is 0 Å². The van der Waals surface area contributed by atoms with E-state index in [1.165, 1.54) is 28.9 Å². The normalized spacial score (nSPS) is 19.4. The average Bonchev–Trinajstić information content (AvgIpc) is 3.26. The van der Waals surface area contributed by atoms with Crippen LogP contribution in [0, 0.1) is 19.8 Å². The summed E-state index contributed by atoms with van der Waals surface area (Å²) in [7, 11) is 0. The number of nitrogens with one attached hydrogen (secondary N) is 1. The van der Waals surface area contributed by atoms with Crippen molar-refractivity contribution in [1.82, 2.24) is 4.98 Å². The van der Waals surface area contributed by atoms with Gasteiger partial charge in [-0.05, 0) is 56.4 Å². The van der Waals surface area contributed by atoms with Crippen molar-refractivity contribution in [2.24, 2.45) is 5.92 Å². The summed E-state index contributed by atoms with van der Waals surface area (Å²) in [6, 6.07) is 6.25. The van der Waals surface area contributed by atoms with Gasteiger partial charge in [0, 0.05) is 23.5 Å². The molecular weight excluding hydrogens is 334 g/mol. The summed E-state index contributed by atoms with van der Waals surface area (Å²) in [6.07, 6.45) is 3.65. The van der Waals surface area contributed by atoms with Crippen molar-refractivity contribution in [2.45, 2.75) is 39.5 Å². The summed E-state index contributed by atoms with van der Waals surface area (Å²) in [5.74, 6) is -0.430. The highest BCUT2D eigenvalue weighted by Crippen LogP contribution is 2.31. The Bertz CT molecular complexity index is 839. The van der Waals surface area contributed by atoms with Crippen LogP contribution < -0.4 is 10.2 Å². The molecule has 1 aliphatic carbocycles. The summed E-state index contributed by atoms with van der Waals surface area (Å²) >= 11 is 1.47. The topological polar surface area (TPSA) is 62.3 Å². The summed E-state index contributed by atoms with van der Waals surface area (Å²) in [6.45, 7) is 4.35. The number of fused-ring (bicyclic) bond motifs is 1. The molecule has 1 aromatic carbocycles. The van der Waals surface area contributed by atoms with Crippen LogP contribution in [0.25, 0.3) is 0 Å². The number of carbonyl (C=O) groups excluding carboxylic acids is 2. The van der Waals surface area contributed by atoms with E-state index in [0.29, 0.717) is 11.7 Å². The van der Waals surface area contributed by atoms with Crippen LogP contribution in [0.2, 0.25) is 0 Å². The molecule has 1 N–H and O–H groups in total. The number of anilines is 2. The van der Waals surface area contributed by atoms with Gasteiger partial charge in [-0.2, -0.15) is 0 Å². The molecule has 1 fully saturated rings. The van der Waals surface area contributed by atoms with Gasteiger partial charge in [0.1, 0.15) is 0 Å². The van der Waals surface area contributed by atoms with E-state index in [4.69, 9.17) is 0 Å². The molecule has 1 aromatic heterocycles. The smallest absolute Gasteiger partial charge is 0.231 e. The fourth-order valence-electron chi connectivity index (χ4n) is 3.59. The molecule has 0 spiro atoms. The Morgan fingerprint density at radius 1 is 1.28 bits per heavy atom. The number of aryl methyl sites for hydroxylation is 4. The lowest BCUT2D eigenvalue weighted by Crippen LogP contribution is -2.28. The Labute approximate surface area is 151 Å². The van der Waals surface area contributed by atoms with Crippen LogP contribution in [-0.2, 0) is 22.4 Å². The number of nitrogens with zero attached hydrogens (tertiary/aromatic N) is 2. The van der Waals surface area contributed by atoms with Crippen LogP contribution in [0.3, 0.4) is 0 Å². The standard InChI is InChI=1S/C19H21N3O2S/c1-11-12(2)25-19(20-11)21-18(24)15-9-17(23)22(10-15)16-7-6-13-4-3-5-14(13)8-16/h6-8,15H,3-5,9-10H2,1-2H3,(H,20,21,24). The van der Waals surface area contributed by atoms with Crippen LogP contribution in [0.4, 0.5) is 10.8 Å². The minimum absolute atomic E-state index is 0.0181. The molecular formula is C19H21N3O2S. The van der Waals surface area contributed by atoms with E-state index in [1.807, 2.05) is 19.9 Å². The molecule has 4 rings (SSSR count). The molecule has 0 bridgehead atoms. The first-order chi connectivity index (χ1) is 12.0. The number of hydrogen-bond donors (Lipinski definition) is 1. The minimum Gasteiger partial charge on any atom is -0.312 e. The molecule has 2 aromatic rings. The van der Waals surface area contributed by atoms with Crippen molar-refractivity contribution in [3.05, 3.63) is 39.9 Å². The van der Waals surface area contributed by atoms with Crippen molar-refractivity contribution in [2.75, 3.05) is 16.8 Å². The molecule has 6 heteroatoms. The zero-order chi connectivity index (χ0) is 17.6. The first-order valence-corrected chi connectivity index (χ1v) is 9.50. The molecule has 1 saturated heterocycles. The highest BCUT2D eigenvalue weighted by Gasteiger charge is 2.35. The van der Waals surface area contributed by atoms with Gasteiger partial charge in [0.2, 0.25) is 11.8 Å². The molecule has 1 aliphatic heterocycles. The average molecular weight is 355 g/mol. The predicted molar refractivity (Wildman–Crippen MR) is 99.1 cm³/mol. The van der Waals surface area contributed by atoms with Crippen molar-refractivity contribution in [3.8, 4) is 0 Å². The van der Waals surface area contributed by atoms with Gasteiger partial charge in [-0.1, -0.05) is 6.07 Å². The van der Waals surface area contributed by atoms with E-state index in [9.17, 15) is 9.59 Å². The maximum Gasteiger partial charge on any atom is 0.231 e. The zero-order valence-electron chi connectivity index (χ0n) is 14.5. The number of amides is 2. The van der Waals surface area contributed by atoms with Crippen LogP contribution in [-0.4, -0.2) is 23.3 Å². The minimum atomic E-state index is -0.328. The van der Waals surface area contributed by atoms with Gasteiger partial charge < -0.3 is 10.2 Å². The van der Waals surface area contributed by atoms with Gasteiger partial charge in [0.05, 0.1) is 11.6 Å². The molecule has 0 saturated carbocycles. The van der Waals surface area contributed by atoms with E-state index in [1.54, 1.807) is 4.90 Å². The van der Waals surface area contributed by atoms with E-state index >= 15 is 0 Å². The highest BCUT2D eigenvalue weighted by atomic mass is 32.1. The van der Waals surface area contributed by atoms with E-state index in [0.717, 1.165) is 29.1 Å². The SMILES string of the molecule is Cc1nc(NC(=O)C2CC(=O)N(c3ccc4c(c3)CCC4)C2)sc1C. The van der Waals surface area contributed by atoms with Crippen molar-refractivity contribution < 1.29 is 9.59 Å². The fraction of sp³-hybridized carbons (Fsp3) is 0.421. The second-order valence-corrected chi connectivity index (χ2v) is 8.07. The molecule has 1 atom stereocenters. The Morgan fingerprint density at radius 3 is 2.84 bits per heavy atom. The number of benzene rings is 1. The van der Waals surface area contributed by atoms with Crippen LogP contribution in [0.15, 0.2) is 18.2 Å². The summed E-state index contributed by atoms with van der Waals surface area (Å²) < 4.78 is 0. The Balaban J connectivity index is 1.47. The van der Waals surface area contributed by atoms with E-state index in [2.05, 4.69) is 22.4 Å². The number of thiazole rings is 1. The molecule has 2 aliphatic rings. The number of hydrogen-bond acceptors (Lipinski definition) is 4. The Morgan fingerprint density at radius 2 is 2.08 bits per heavy atom. The van der Waals surface area contributed by atoms with Gasteiger partial charge >= 0.3 is 0 Å². The Kier molecular flexibility index (Phi) is 4.07. The van der Waals surface area contributed by atoms with Gasteiger partial charge in [0.25, 0.3) is 0 Å². The lowest BCUT2D eigenvalue weighted by atomic mass is 10.1. The monoisotopic (exact) mass is 355 g/mol. The van der Waals surface area contributed by atoms with Crippen LogP contribution >= 0.6 is 11.3 Å². The molecule has 2 heterocycles. The van der Waals surface area contributed by atoms with Gasteiger partial charge in [0.15, 0.2) is 5.13 Å². The third kappa shape index (κ3) is 3.06. The lowest BCUT2D eigenvalue weighted by molar-refractivity contribution is -0.122. The van der Waals surface area contributed by atoms with Crippen molar-refractivity contribution >= 4 is 34.0 Å². The zero-order valence-corrected chi connectivity index (χ0v) is 15.3. The lowest BCUT2D eigenvalue weighted by Gasteiger charge is -2.17. The number of aromatic nitrogens is 1. The summed E-state index contributed by atoms with van der Waals surface area (Å²) in [5.41, 5.74) is 4.58. The van der Waals surface area contributed by atoms with Crippen molar-refractivity contribution in [1.29, 1.82) is 0 Å². The number of rotatable bonds is 3. The molecule has 25 heavy (non-hydrogen) atoms. The van der Waals surface area contributed by atoms with E-state index in [-0.39, 0.29) is 24.2 Å². The highest BCUT2D eigenvalue weighted by molar-refractivity contribution is 7.15. The van der Waals surface area contributed by atoms with Gasteiger partial charge in [-0.15, -0.1) is 11.3 Å². The quantitative estimate of drug-likeness (QED) is 0.919. The van der Waals surface area contributed by atoms with Crippen molar-refractivity contribution in [3.63, 3.8) is 0 Å². The second-order valence-electron chi connectivity index (χ2n) is 6.86. The third-order valence-corrected chi connectivity index (χ3v) is 6.14. The van der Waals surface area contributed by atoms with E-state index < -0.39 is 0 Å². The predicted octanol–water partition coefficient (Wildman–Crippen LogP) is 3.24. The first kappa shape index (κ1) is 16.3. The second kappa shape index (κ2) is 6.26. The van der Waals surface area contributed by atoms with Gasteiger partial charge in [-0.3, -0.25) is 9.59 Å². The molecule has 5 nitrogen and oxygen atoms in total. The number of carbonyl (C=O) groups is 2. The first-order valence-electron chi connectivity index (χ1n) is 8.68. The van der Waals surface area contributed by atoms with Crippen LogP contribution in [0.1, 0.15) is 34.5 Å². The molecule has 1 unspecified atom stereocenters. The van der Waals surface area contributed by atoms with Gasteiger partial charge in [-0.25, -0.2) is 4.98 Å². The Hall–Kier alpha value is -2.21. The molecule has 0 radical (unpaired) electrons. The fourth-order valence-corrected chi connectivity index (χ4v) is 4.41. The maximum absolute atomic E-state index is 12.5. The summed E-state index contributed by atoms with van der Waals surface area (Å²) in [4.78, 5) is 32.1. The molecule has 130 valence electrons. The third-order valence-electron chi connectivity index (χ3n) is 5.15. The summed E-state index contributed by atoms with van der Waals surface area (Å²) in [5, 5.41) is 3.48. The largest absolute Gasteiger partial charge is 0.312 e. The maximum atomic E-state index is 12.5. The molecule has 2 amide bonds.